The number of hydrogen-bond acceptors (Lipinski definition) is 9. The third-order valence-electron chi connectivity index (χ3n) is 9.86. The van der Waals surface area contributed by atoms with E-state index in [1.165, 1.54) is 6.33 Å². The van der Waals surface area contributed by atoms with E-state index in [1.807, 2.05) is 92.4 Å². The van der Waals surface area contributed by atoms with Crippen LogP contribution < -0.4 is 25.6 Å². The molecule has 5 aromatic rings. The first-order valence-electron chi connectivity index (χ1n) is 16.3. The molecule has 0 radical (unpaired) electrons. The number of Topliss-reactive ketones (excluding diaryl/α,β-unsaturated/α-hetero) is 2. The molecule has 0 spiro atoms. The van der Waals surface area contributed by atoms with Gasteiger partial charge in [-0.15, -0.1) is 0 Å². The zero-order valence-electron chi connectivity index (χ0n) is 27.3. The van der Waals surface area contributed by atoms with Crippen LogP contribution in [0.15, 0.2) is 85.5 Å². The largest absolute Gasteiger partial charge is 0.350 e. The van der Waals surface area contributed by atoms with Crippen molar-refractivity contribution in [3.05, 3.63) is 118 Å². The van der Waals surface area contributed by atoms with Crippen LogP contribution in [0.4, 0.5) is 11.5 Å². The zero-order chi connectivity index (χ0) is 33.9. The van der Waals surface area contributed by atoms with E-state index in [1.54, 1.807) is 24.5 Å². The standard InChI is InChI=1S/C39H33N7O3/c1-23-17-31-30-19-35(47)29-10-5-4-9-27(29)28(30)11-12-32(31)39(3,36(23)48)46-22-45(34-20-40-21-43-37(34)46)16-15-42-38(49)26-8-6-7-25(18-26)33-13-14-41-24(2)44-33/h4-14,17-21,23H,15-16,22H2,1-3H3,(H,42,49). The Kier molecular flexibility index (Phi) is 7.17. The number of aryl methyl sites for hydroxylation is 1. The van der Waals surface area contributed by atoms with Gasteiger partial charge >= 0.3 is 0 Å². The minimum Gasteiger partial charge on any atom is -0.350 e. The molecule has 0 bridgehead atoms. The maximum Gasteiger partial charge on any atom is 0.251 e. The number of rotatable bonds is 6. The predicted molar refractivity (Wildman–Crippen MR) is 187 cm³/mol. The molecule has 0 saturated carbocycles. The Balaban J connectivity index is 1.08. The Morgan fingerprint density at radius 1 is 0.980 bits per heavy atom. The lowest BCUT2D eigenvalue weighted by molar-refractivity contribution is -0.126. The molecule has 0 saturated heterocycles. The molecule has 3 aromatic carbocycles. The Bertz CT molecular complexity index is 2340. The maximum atomic E-state index is 14.3. The summed E-state index contributed by atoms with van der Waals surface area (Å²) >= 11 is 0. The second-order valence-electron chi connectivity index (χ2n) is 12.8. The first-order valence-corrected chi connectivity index (χ1v) is 16.3. The van der Waals surface area contributed by atoms with Gasteiger partial charge in [0.05, 0.1) is 18.6 Å². The van der Waals surface area contributed by atoms with Crippen molar-refractivity contribution in [2.75, 3.05) is 29.6 Å². The Labute approximate surface area is 282 Å². The summed E-state index contributed by atoms with van der Waals surface area (Å²) in [5.41, 5.74) is 5.22. The van der Waals surface area contributed by atoms with Crippen LogP contribution in [0.1, 0.15) is 46.0 Å². The lowest BCUT2D eigenvalue weighted by Crippen LogP contribution is -2.59. The Morgan fingerprint density at radius 2 is 1.82 bits per heavy atom. The molecule has 49 heavy (non-hydrogen) atoms. The summed E-state index contributed by atoms with van der Waals surface area (Å²) < 4.78 is 0. The van der Waals surface area contributed by atoms with Gasteiger partial charge in [-0.05, 0) is 65.3 Å². The number of fused-ring (bicyclic) bond motifs is 6. The van der Waals surface area contributed by atoms with E-state index in [-0.39, 0.29) is 17.5 Å². The first kappa shape index (κ1) is 30.3. The number of anilines is 2. The first-order chi connectivity index (χ1) is 23.7. The molecule has 2 atom stereocenters. The van der Waals surface area contributed by atoms with Crippen LogP contribution in [0.25, 0.3) is 34.5 Å². The van der Waals surface area contributed by atoms with Gasteiger partial charge in [0.25, 0.3) is 5.91 Å². The van der Waals surface area contributed by atoms with E-state index in [0.717, 1.165) is 44.1 Å². The molecule has 2 aliphatic carbocycles. The van der Waals surface area contributed by atoms with Crippen molar-refractivity contribution >= 4 is 41.1 Å². The van der Waals surface area contributed by atoms with Crippen molar-refractivity contribution in [2.45, 2.75) is 26.3 Å². The highest BCUT2D eigenvalue weighted by Gasteiger charge is 2.49. The summed E-state index contributed by atoms with van der Waals surface area (Å²) in [6, 6.07) is 20.9. The third-order valence-corrected chi connectivity index (χ3v) is 9.86. The number of nitrogens with one attached hydrogen (secondary N) is 1. The van der Waals surface area contributed by atoms with Crippen LogP contribution in [0.5, 0.6) is 0 Å². The van der Waals surface area contributed by atoms with E-state index in [9.17, 15) is 14.4 Å². The number of carbonyl (C=O) groups excluding carboxylic acids is 3. The fourth-order valence-corrected chi connectivity index (χ4v) is 7.40. The van der Waals surface area contributed by atoms with Gasteiger partial charge in [0.15, 0.2) is 17.4 Å². The zero-order valence-corrected chi connectivity index (χ0v) is 27.3. The molecule has 2 unspecified atom stereocenters. The van der Waals surface area contributed by atoms with E-state index < -0.39 is 11.5 Å². The summed E-state index contributed by atoms with van der Waals surface area (Å²) in [5.74, 6) is 0.715. The van der Waals surface area contributed by atoms with Gasteiger partial charge in [0.2, 0.25) is 0 Å². The van der Waals surface area contributed by atoms with Crippen molar-refractivity contribution < 1.29 is 14.4 Å². The van der Waals surface area contributed by atoms with Gasteiger partial charge in [-0.25, -0.2) is 19.9 Å². The van der Waals surface area contributed by atoms with Crippen LogP contribution in [-0.4, -0.2) is 57.2 Å². The van der Waals surface area contributed by atoms with Crippen LogP contribution in [0.3, 0.4) is 0 Å². The van der Waals surface area contributed by atoms with E-state index in [4.69, 9.17) is 0 Å². The van der Waals surface area contributed by atoms with Crippen molar-refractivity contribution in [2.24, 2.45) is 5.92 Å². The van der Waals surface area contributed by atoms with Crippen LogP contribution in [0.2, 0.25) is 0 Å². The molecule has 10 heteroatoms. The van der Waals surface area contributed by atoms with Crippen molar-refractivity contribution in [3.8, 4) is 22.4 Å². The van der Waals surface area contributed by atoms with Gasteiger partial charge in [0, 0.05) is 41.9 Å². The molecular weight excluding hydrogens is 614 g/mol. The molecule has 2 aromatic heterocycles. The van der Waals surface area contributed by atoms with Gasteiger partial charge in [-0.2, -0.15) is 0 Å². The fraction of sp³-hybridized carbons (Fsp3) is 0.205. The summed E-state index contributed by atoms with van der Waals surface area (Å²) in [7, 11) is 0. The van der Waals surface area contributed by atoms with Crippen LogP contribution in [0, 0.1) is 12.8 Å². The SMILES string of the molecule is Cc1nccc(-c2cccc(C(=O)NCCN3CN(C4(C)C(=O)C(C)C=c5c4ccc4c5=CC(=O)c5ccccc5-4)c4ncncc43)c2)n1. The molecule has 1 aliphatic heterocycles. The molecule has 8 rings (SSSR count). The highest BCUT2D eigenvalue weighted by molar-refractivity contribution is 6.22. The van der Waals surface area contributed by atoms with Crippen LogP contribution >= 0.6 is 0 Å². The number of ketones is 2. The van der Waals surface area contributed by atoms with Crippen molar-refractivity contribution in [3.63, 3.8) is 0 Å². The summed E-state index contributed by atoms with van der Waals surface area (Å²) in [6.45, 7) is 6.88. The smallest absolute Gasteiger partial charge is 0.251 e. The average Bonchev–Trinajstić information content (AvgIpc) is 3.50. The third kappa shape index (κ3) is 4.90. The van der Waals surface area contributed by atoms with E-state index in [2.05, 4.69) is 30.2 Å². The number of nitrogens with zero attached hydrogens (tertiary/aromatic N) is 6. The molecular formula is C39H33N7O3. The molecule has 242 valence electrons. The van der Waals surface area contributed by atoms with E-state index >= 15 is 0 Å². The van der Waals surface area contributed by atoms with Crippen molar-refractivity contribution in [1.29, 1.82) is 0 Å². The van der Waals surface area contributed by atoms with Crippen molar-refractivity contribution in [1.82, 2.24) is 25.3 Å². The number of amides is 1. The average molecular weight is 648 g/mol. The molecule has 0 fully saturated rings. The molecule has 1 N–H and O–H groups in total. The topological polar surface area (TPSA) is 121 Å². The summed E-state index contributed by atoms with van der Waals surface area (Å²) in [6.07, 6.45) is 8.64. The lowest BCUT2D eigenvalue weighted by Gasteiger charge is -2.42. The second-order valence-corrected chi connectivity index (χ2v) is 12.8. The summed E-state index contributed by atoms with van der Waals surface area (Å²) in [5, 5.41) is 4.79. The fourth-order valence-electron chi connectivity index (χ4n) is 7.40. The van der Waals surface area contributed by atoms with Gasteiger partial charge in [0.1, 0.15) is 23.4 Å². The monoisotopic (exact) mass is 647 g/mol. The highest BCUT2D eigenvalue weighted by atomic mass is 16.2. The molecule has 3 aliphatic rings. The van der Waals surface area contributed by atoms with Gasteiger partial charge in [-0.1, -0.05) is 61.5 Å². The van der Waals surface area contributed by atoms with E-state index in [0.29, 0.717) is 42.5 Å². The Morgan fingerprint density at radius 3 is 2.65 bits per heavy atom. The van der Waals surface area contributed by atoms with Gasteiger partial charge in [-0.3, -0.25) is 14.4 Å². The minimum atomic E-state index is -1.08. The predicted octanol–water partition coefficient (Wildman–Crippen LogP) is 3.81. The maximum absolute atomic E-state index is 14.3. The minimum absolute atomic E-state index is 0.0421. The molecule has 1 amide bonds. The number of carbonyl (C=O) groups is 3. The molecule has 10 nitrogen and oxygen atoms in total. The number of aromatic nitrogens is 4. The normalized spacial score (nSPS) is 18.9. The highest BCUT2D eigenvalue weighted by Crippen LogP contribution is 2.43. The van der Waals surface area contributed by atoms with Gasteiger partial charge < -0.3 is 15.1 Å². The summed E-state index contributed by atoms with van der Waals surface area (Å²) in [4.78, 5) is 62.5. The second kappa shape index (κ2) is 11.6. The quantitative estimate of drug-likeness (QED) is 0.293. The van der Waals surface area contributed by atoms with Crippen LogP contribution in [-0.2, 0) is 10.3 Å². The molecule has 3 heterocycles. The Hall–Kier alpha value is -6.03. The lowest BCUT2D eigenvalue weighted by atomic mass is 9.73. The number of hydrogen-bond donors (Lipinski definition) is 1. The number of benzene rings is 3.